The van der Waals surface area contributed by atoms with Gasteiger partial charge in [-0.2, -0.15) is 0 Å². The van der Waals surface area contributed by atoms with Crippen molar-refractivity contribution >= 4 is 85.7 Å². The predicted octanol–water partition coefficient (Wildman–Crippen LogP) is 13.7. The number of aromatic nitrogens is 4. The van der Waals surface area contributed by atoms with Gasteiger partial charge in [-0.15, -0.1) is 11.3 Å². The molecule has 0 amide bonds. The molecule has 0 aliphatic heterocycles. The monoisotopic (exact) mass is 732 g/mol. The lowest BCUT2D eigenvalue weighted by atomic mass is 9.94. The highest BCUT2D eigenvalue weighted by Gasteiger charge is 2.19. The zero-order chi connectivity index (χ0) is 36.7. The van der Waals surface area contributed by atoms with E-state index >= 15 is 0 Å². The van der Waals surface area contributed by atoms with Crippen LogP contribution < -0.4 is 0 Å². The summed E-state index contributed by atoms with van der Waals surface area (Å²) < 4.78 is 9.02. The van der Waals surface area contributed by atoms with Crippen molar-refractivity contribution in [1.29, 1.82) is 0 Å². The molecule has 0 saturated heterocycles. The minimum absolute atomic E-state index is 0.610. The topological polar surface area (TPSA) is 64.7 Å². The molecule has 6 heteroatoms. The Morgan fingerprint density at radius 2 is 1.02 bits per heavy atom. The van der Waals surface area contributed by atoms with Gasteiger partial charge in [-0.1, -0.05) is 133 Å². The van der Waals surface area contributed by atoms with E-state index in [0.29, 0.717) is 23.4 Å². The van der Waals surface area contributed by atoms with Gasteiger partial charge in [0.25, 0.3) is 0 Å². The van der Waals surface area contributed by atoms with Gasteiger partial charge in [-0.05, 0) is 68.7 Å². The van der Waals surface area contributed by atoms with E-state index in [4.69, 9.17) is 24.4 Å². The molecule has 0 aliphatic rings. The maximum absolute atomic E-state index is 6.62. The molecule has 0 radical (unpaired) electrons. The minimum Gasteiger partial charge on any atom is -0.435 e. The van der Waals surface area contributed by atoms with Crippen LogP contribution in [0, 0.1) is 0 Å². The van der Waals surface area contributed by atoms with E-state index in [1.165, 1.54) is 15.5 Å². The fraction of sp³-hybridized carbons (Fsp3) is 0. The average molecular weight is 733 g/mol. The number of oxazole rings is 1. The molecular formula is C50H28N4OS. The van der Waals surface area contributed by atoms with Crippen LogP contribution in [0.1, 0.15) is 0 Å². The van der Waals surface area contributed by atoms with Crippen LogP contribution in [0.4, 0.5) is 0 Å². The highest BCUT2D eigenvalue weighted by atomic mass is 32.1. The fourth-order valence-corrected chi connectivity index (χ4v) is 9.48. The predicted molar refractivity (Wildman–Crippen MR) is 232 cm³/mol. The molecule has 0 unspecified atom stereocenters. The van der Waals surface area contributed by atoms with Crippen LogP contribution in [-0.4, -0.2) is 19.9 Å². The fourth-order valence-electron chi connectivity index (χ4n) is 8.27. The number of hydrogen-bond donors (Lipinski definition) is 0. The van der Waals surface area contributed by atoms with Gasteiger partial charge in [0.05, 0.1) is 0 Å². The first-order valence-corrected chi connectivity index (χ1v) is 19.4. The number of thiophene rings is 1. The van der Waals surface area contributed by atoms with E-state index in [9.17, 15) is 0 Å². The summed E-state index contributed by atoms with van der Waals surface area (Å²) in [7, 11) is 0. The Morgan fingerprint density at radius 3 is 1.91 bits per heavy atom. The molecule has 0 bridgehead atoms. The zero-order valence-corrected chi connectivity index (χ0v) is 30.6. The van der Waals surface area contributed by atoms with Crippen molar-refractivity contribution < 1.29 is 4.42 Å². The largest absolute Gasteiger partial charge is 0.435 e. The molecule has 3 aromatic heterocycles. The van der Waals surface area contributed by atoms with E-state index in [-0.39, 0.29) is 0 Å². The molecule has 12 rings (SSSR count). The molecule has 0 atom stereocenters. The van der Waals surface area contributed by atoms with Crippen molar-refractivity contribution in [1.82, 2.24) is 19.9 Å². The summed E-state index contributed by atoms with van der Waals surface area (Å²) in [5.74, 6) is 2.51. The van der Waals surface area contributed by atoms with Crippen LogP contribution in [0.5, 0.6) is 0 Å². The third-order valence-electron chi connectivity index (χ3n) is 10.9. The standard InChI is InChI=1S/C50H28N4OS/c1-2-11-33(12-3-1)50-51-41-27-26-32-24-23-31-22-20-30-21-25-34(28-40(30)43(31)44(32)45(41)55-50)47-52-48(38-17-8-13-29-10-4-5-14-35(29)38)54-49(53-47)39-18-9-16-37-36-15-6-7-19-42(36)56-46(37)39/h1-28H. The van der Waals surface area contributed by atoms with Crippen molar-refractivity contribution in [3.8, 4) is 45.6 Å². The second-order valence-electron chi connectivity index (χ2n) is 14.2. The van der Waals surface area contributed by atoms with E-state index in [2.05, 4.69) is 133 Å². The third-order valence-corrected chi connectivity index (χ3v) is 12.1. The van der Waals surface area contributed by atoms with E-state index in [1.807, 2.05) is 36.4 Å². The minimum atomic E-state index is 0.610. The van der Waals surface area contributed by atoms with Crippen LogP contribution in [-0.2, 0) is 0 Å². The second-order valence-corrected chi connectivity index (χ2v) is 15.2. The molecule has 0 N–H and O–H groups in total. The first kappa shape index (κ1) is 31.1. The molecule has 260 valence electrons. The normalized spacial score (nSPS) is 11.9. The van der Waals surface area contributed by atoms with Gasteiger partial charge >= 0.3 is 0 Å². The van der Waals surface area contributed by atoms with Crippen LogP contribution >= 0.6 is 11.3 Å². The van der Waals surface area contributed by atoms with Crippen molar-refractivity contribution in [3.63, 3.8) is 0 Å². The van der Waals surface area contributed by atoms with Crippen LogP contribution in [0.25, 0.3) is 120 Å². The summed E-state index contributed by atoms with van der Waals surface area (Å²) in [5, 5.41) is 11.3. The maximum atomic E-state index is 6.62. The number of rotatable bonds is 4. The first-order chi connectivity index (χ1) is 27.7. The highest BCUT2D eigenvalue weighted by Crippen LogP contribution is 2.42. The first-order valence-electron chi connectivity index (χ1n) is 18.6. The van der Waals surface area contributed by atoms with Gasteiger partial charge < -0.3 is 4.42 Å². The summed E-state index contributed by atoms with van der Waals surface area (Å²) >= 11 is 1.78. The van der Waals surface area contributed by atoms with Crippen molar-refractivity contribution in [2.75, 3.05) is 0 Å². The quantitative estimate of drug-likeness (QED) is 0.169. The smallest absolute Gasteiger partial charge is 0.227 e. The van der Waals surface area contributed by atoms with Gasteiger partial charge in [0.15, 0.2) is 23.1 Å². The Balaban J connectivity index is 1.13. The summed E-state index contributed by atoms with van der Waals surface area (Å²) in [5.41, 5.74) is 5.42. The van der Waals surface area contributed by atoms with E-state index in [1.54, 1.807) is 11.3 Å². The van der Waals surface area contributed by atoms with Crippen molar-refractivity contribution in [3.05, 3.63) is 170 Å². The Kier molecular flexibility index (Phi) is 6.73. The SMILES string of the molecule is c1ccc(-c2nc3ccc4ccc5ccc6ccc(-c7nc(-c8cccc9ccccc89)nc(-c8cccc9c8sc8ccccc89)n7)cc6c5c4c3o2)cc1. The maximum Gasteiger partial charge on any atom is 0.227 e. The average Bonchev–Trinajstić information content (AvgIpc) is 3.88. The van der Waals surface area contributed by atoms with Crippen LogP contribution in [0.2, 0.25) is 0 Å². The summed E-state index contributed by atoms with van der Waals surface area (Å²) in [6.07, 6.45) is 0. The molecule has 0 aliphatic carbocycles. The molecule has 0 fully saturated rings. The molecule has 5 nitrogen and oxygen atoms in total. The lowest BCUT2D eigenvalue weighted by Gasteiger charge is -2.12. The molecule has 0 spiro atoms. The van der Waals surface area contributed by atoms with E-state index in [0.717, 1.165) is 81.1 Å². The number of fused-ring (bicyclic) bond motifs is 11. The molecule has 9 aromatic carbocycles. The molecule has 3 heterocycles. The molecular weight excluding hydrogens is 705 g/mol. The Bertz CT molecular complexity index is 3540. The van der Waals surface area contributed by atoms with Gasteiger partial charge in [0.2, 0.25) is 5.89 Å². The number of nitrogens with zero attached hydrogens (tertiary/aromatic N) is 4. The summed E-state index contributed by atoms with van der Waals surface area (Å²) in [6.45, 7) is 0. The Hall–Kier alpha value is -7.28. The van der Waals surface area contributed by atoms with Crippen molar-refractivity contribution in [2.24, 2.45) is 0 Å². The third kappa shape index (κ3) is 4.79. The number of benzene rings is 9. The Labute approximate surface area is 324 Å². The Morgan fingerprint density at radius 1 is 0.393 bits per heavy atom. The lowest BCUT2D eigenvalue weighted by Crippen LogP contribution is -2.00. The van der Waals surface area contributed by atoms with Gasteiger partial charge in [-0.3, -0.25) is 0 Å². The lowest BCUT2D eigenvalue weighted by molar-refractivity contribution is 0.623. The number of hydrogen-bond acceptors (Lipinski definition) is 6. The van der Waals surface area contributed by atoms with Crippen LogP contribution in [0.15, 0.2) is 174 Å². The van der Waals surface area contributed by atoms with E-state index < -0.39 is 0 Å². The van der Waals surface area contributed by atoms with Gasteiger partial charge in [-0.25, -0.2) is 19.9 Å². The molecule has 56 heavy (non-hydrogen) atoms. The highest BCUT2D eigenvalue weighted by molar-refractivity contribution is 7.26. The van der Waals surface area contributed by atoms with Gasteiger partial charge in [0.1, 0.15) is 5.52 Å². The van der Waals surface area contributed by atoms with Crippen LogP contribution in [0.3, 0.4) is 0 Å². The second kappa shape index (κ2) is 12.1. The molecule has 12 aromatic rings. The van der Waals surface area contributed by atoms with Gasteiger partial charge in [0, 0.05) is 53.2 Å². The molecule has 0 saturated carbocycles. The summed E-state index contributed by atoms with van der Waals surface area (Å²) in [4.78, 5) is 20.7. The van der Waals surface area contributed by atoms with Crippen molar-refractivity contribution in [2.45, 2.75) is 0 Å². The zero-order valence-electron chi connectivity index (χ0n) is 29.8. The summed E-state index contributed by atoms with van der Waals surface area (Å²) in [6, 6.07) is 59.3.